The monoisotopic (exact) mass is 254 g/mol. The van der Waals surface area contributed by atoms with Gasteiger partial charge in [-0.05, 0) is 33.6 Å². The molecule has 3 saturated heterocycles. The average molecular weight is 254 g/mol. The Labute approximate surface area is 108 Å². The molecule has 0 saturated carbocycles. The molecule has 1 amide bonds. The van der Waals surface area contributed by atoms with Crippen LogP contribution in [0, 0.1) is 0 Å². The van der Waals surface area contributed by atoms with Crippen molar-refractivity contribution in [3.63, 3.8) is 0 Å². The predicted octanol–water partition coefficient (Wildman–Crippen LogP) is 0.679. The fraction of sp³-hybridized carbons (Fsp3) is 0.846. The molecule has 18 heavy (non-hydrogen) atoms. The van der Waals surface area contributed by atoms with Crippen molar-refractivity contribution >= 4 is 11.9 Å². The lowest BCUT2D eigenvalue weighted by Gasteiger charge is -2.67. The quantitative estimate of drug-likeness (QED) is 0.699. The van der Waals surface area contributed by atoms with Gasteiger partial charge in [0.1, 0.15) is 11.1 Å². The molecule has 102 valence electrons. The molecule has 0 aliphatic carbocycles. The van der Waals surface area contributed by atoms with Gasteiger partial charge in [-0.3, -0.25) is 14.5 Å². The summed E-state index contributed by atoms with van der Waals surface area (Å²) in [5.41, 5.74) is -0.864. The minimum atomic E-state index is -0.443. The van der Waals surface area contributed by atoms with Crippen molar-refractivity contribution in [3.05, 3.63) is 0 Å². The number of nitrogens with one attached hydrogen (secondary N) is 1. The van der Waals surface area contributed by atoms with Crippen LogP contribution in [0.4, 0.5) is 0 Å². The zero-order chi connectivity index (χ0) is 13.1. The maximum absolute atomic E-state index is 12.3. The van der Waals surface area contributed by atoms with Crippen LogP contribution in [0.15, 0.2) is 0 Å². The first-order chi connectivity index (χ1) is 8.32. The van der Waals surface area contributed by atoms with Crippen molar-refractivity contribution in [2.75, 3.05) is 6.54 Å². The summed E-state index contributed by atoms with van der Waals surface area (Å²) in [6.45, 7) is 6.34. The third kappa shape index (κ3) is 1.56. The second-order valence-electron chi connectivity index (χ2n) is 6.66. The minimum absolute atomic E-state index is 0. The number of nitrogens with zero attached hydrogens (tertiary/aromatic N) is 1. The van der Waals surface area contributed by atoms with Gasteiger partial charge in [-0.15, -0.1) is 0 Å². The third-order valence-corrected chi connectivity index (χ3v) is 4.16. The van der Waals surface area contributed by atoms with E-state index in [2.05, 4.69) is 10.2 Å². The summed E-state index contributed by atoms with van der Waals surface area (Å²) in [5.74, 6) is -0.0102. The van der Waals surface area contributed by atoms with Crippen LogP contribution in [0.25, 0.3) is 0 Å². The third-order valence-electron chi connectivity index (χ3n) is 4.16. The molecule has 3 heterocycles. The molecule has 5 heteroatoms. The number of rotatable bonds is 1. The van der Waals surface area contributed by atoms with Crippen molar-refractivity contribution in [2.24, 2.45) is 0 Å². The van der Waals surface area contributed by atoms with E-state index in [-0.39, 0.29) is 19.3 Å². The first-order valence-corrected chi connectivity index (χ1v) is 6.60. The minimum Gasteiger partial charge on any atom is -0.459 e. The molecule has 3 rings (SSSR count). The highest BCUT2D eigenvalue weighted by Gasteiger charge is 2.69. The lowest BCUT2D eigenvalue weighted by molar-refractivity contribution is -0.226. The Hall–Kier alpha value is -1.10. The first-order valence-electron chi connectivity index (χ1n) is 6.60. The Bertz CT molecular complexity index is 421. The van der Waals surface area contributed by atoms with Crippen LogP contribution in [-0.2, 0) is 14.3 Å². The van der Waals surface area contributed by atoms with E-state index < -0.39 is 11.1 Å². The zero-order valence-electron chi connectivity index (χ0n) is 11.2. The number of ether oxygens (including phenoxy) is 1. The van der Waals surface area contributed by atoms with Crippen LogP contribution < -0.4 is 5.32 Å². The van der Waals surface area contributed by atoms with Gasteiger partial charge in [0, 0.05) is 26.5 Å². The van der Waals surface area contributed by atoms with Crippen LogP contribution in [0.5, 0.6) is 0 Å². The summed E-state index contributed by atoms with van der Waals surface area (Å²) in [6.07, 6.45) is 2.10. The fourth-order valence-corrected chi connectivity index (χ4v) is 3.55. The number of piperidine rings is 1. The van der Waals surface area contributed by atoms with Crippen LogP contribution in [0.2, 0.25) is 0 Å². The zero-order valence-corrected chi connectivity index (χ0v) is 11.2. The van der Waals surface area contributed by atoms with Gasteiger partial charge in [-0.2, -0.15) is 0 Å². The smallest absolute Gasteiger partial charge is 0.327 e. The molecule has 0 radical (unpaired) electrons. The van der Waals surface area contributed by atoms with Crippen molar-refractivity contribution in [1.82, 2.24) is 10.2 Å². The van der Waals surface area contributed by atoms with Gasteiger partial charge < -0.3 is 10.1 Å². The fourth-order valence-electron chi connectivity index (χ4n) is 3.55. The second kappa shape index (κ2) is 3.47. The van der Waals surface area contributed by atoms with E-state index in [4.69, 9.17) is 4.74 Å². The average Bonchev–Trinajstić information content (AvgIpc) is 2.25. The van der Waals surface area contributed by atoms with Crippen LogP contribution >= 0.6 is 0 Å². The molecular formula is C13H22N2O3. The van der Waals surface area contributed by atoms with Gasteiger partial charge in [0.05, 0.1) is 0 Å². The lowest BCUT2D eigenvalue weighted by atomic mass is 9.64. The summed E-state index contributed by atoms with van der Waals surface area (Å²) < 4.78 is 5.51. The molecule has 5 nitrogen and oxygen atoms in total. The van der Waals surface area contributed by atoms with E-state index in [0.717, 1.165) is 12.8 Å². The van der Waals surface area contributed by atoms with E-state index in [1.165, 1.54) is 0 Å². The number of hydrogen-bond donors (Lipinski definition) is 1. The molecule has 3 fully saturated rings. The summed E-state index contributed by atoms with van der Waals surface area (Å²) in [7, 11) is 0. The molecule has 1 N–H and O–H groups in total. The van der Waals surface area contributed by atoms with E-state index in [1.54, 1.807) is 0 Å². The lowest BCUT2D eigenvalue weighted by Crippen LogP contribution is -2.82. The molecule has 3 aliphatic rings. The molecule has 0 aromatic rings. The maximum atomic E-state index is 12.3. The first kappa shape index (κ1) is 12.0. The topological polar surface area (TPSA) is 58.6 Å². The number of hydrogen-bond acceptors (Lipinski definition) is 4. The molecule has 3 atom stereocenters. The van der Waals surface area contributed by atoms with Gasteiger partial charge in [-0.1, -0.05) is 0 Å². The van der Waals surface area contributed by atoms with Crippen molar-refractivity contribution in [3.8, 4) is 0 Å². The van der Waals surface area contributed by atoms with Crippen LogP contribution in [0.3, 0.4) is 0 Å². The number of carbonyl (C=O) groups excluding carboxylic acids is 2. The molecule has 0 spiro atoms. The Balaban J connectivity index is 0.00000133. The Morgan fingerprint density at radius 1 is 1.44 bits per heavy atom. The highest BCUT2D eigenvalue weighted by Crippen LogP contribution is 2.54. The highest BCUT2D eigenvalue weighted by atomic mass is 16.6. The van der Waals surface area contributed by atoms with E-state index in [1.807, 2.05) is 20.8 Å². The molecule has 3 aliphatic heterocycles. The van der Waals surface area contributed by atoms with Crippen molar-refractivity contribution in [2.45, 2.75) is 63.3 Å². The summed E-state index contributed by atoms with van der Waals surface area (Å²) in [6, 6.07) is 0.557. The van der Waals surface area contributed by atoms with Crippen molar-refractivity contribution in [1.29, 1.82) is 0 Å². The van der Waals surface area contributed by atoms with E-state index in [0.29, 0.717) is 19.0 Å². The molecule has 0 bridgehead atoms. The predicted molar refractivity (Wildman–Crippen MR) is 67.0 cm³/mol. The number of amides is 1. The highest BCUT2D eigenvalue weighted by molar-refractivity contribution is 5.86. The summed E-state index contributed by atoms with van der Waals surface area (Å²) >= 11 is 0. The number of carbonyl (C=O) groups is 2. The van der Waals surface area contributed by atoms with E-state index >= 15 is 0 Å². The Kier molecular flexibility index (Phi) is 2.31. The maximum Gasteiger partial charge on any atom is 0.327 e. The standard InChI is InChI=1S/C13H20N2O3.H2/c1-12(2,3)18-11(17)13-5-8-4-10(16)14-7-9(6-13)15(8)13;/h8-9H,4-7H2,1-3H3,(H,14,16);1H. The van der Waals surface area contributed by atoms with Crippen LogP contribution in [-0.4, -0.2) is 46.5 Å². The van der Waals surface area contributed by atoms with Gasteiger partial charge >= 0.3 is 5.97 Å². The van der Waals surface area contributed by atoms with Crippen LogP contribution in [0.1, 0.15) is 41.5 Å². The molecular weight excluding hydrogens is 232 g/mol. The molecule has 0 aromatic carbocycles. The van der Waals surface area contributed by atoms with Gasteiger partial charge in [0.25, 0.3) is 0 Å². The number of esters is 1. The SMILES string of the molecule is CC(C)(C)OC(=O)C12CC3CNC(=O)CC(C1)N32.[HH]. The Morgan fingerprint density at radius 2 is 2.11 bits per heavy atom. The molecule has 0 aromatic heterocycles. The Morgan fingerprint density at radius 3 is 2.78 bits per heavy atom. The van der Waals surface area contributed by atoms with Gasteiger partial charge in [0.15, 0.2) is 0 Å². The normalized spacial score (nSPS) is 38.7. The second-order valence-corrected chi connectivity index (χ2v) is 6.66. The largest absolute Gasteiger partial charge is 0.459 e. The van der Waals surface area contributed by atoms with Crippen molar-refractivity contribution < 1.29 is 15.8 Å². The van der Waals surface area contributed by atoms with Gasteiger partial charge in [-0.25, -0.2) is 0 Å². The summed E-state index contributed by atoms with van der Waals surface area (Å²) in [4.78, 5) is 26.0. The van der Waals surface area contributed by atoms with Gasteiger partial charge in [0.2, 0.25) is 5.91 Å². The summed E-state index contributed by atoms with van der Waals surface area (Å²) in [5, 5.41) is 2.90. The molecule has 3 unspecified atom stereocenters. The van der Waals surface area contributed by atoms with E-state index in [9.17, 15) is 9.59 Å².